The fraction of sp³-hybridized carbons (Fsp3) is 0.0800. The van der Waals surface area contributed by atoms with Crippen LogP contribution in [0.5, 0.6) is 0 Å². The van der Waals surface area contributed by atoms with Crippen molar-refractivity contribution < 1.29 is 0 Å². The fourth-order valence-corrected chi connectivity index (χ4v) is 4.82. The maximum atomic E-state index is 9.05. The molecule has 0 radical (unpaired) electrons. The first-order valence-electron chi connectivity index (χ1n) is 10.5. The first-order valence-corrected chi connectivity index (χ1v) is 12.3. The smallest absolute Gasteiger partial charge is 0.186 e. The summed E-state index contributed by atoms with van der Waals surface area (Å²) in [4.78, 5) is 0. The van der Waals surface area contributed by atoms with Gasteiger partial charge < -0.3 is 0 Å². The maximum absolute atomic E-state index is 9.05. The number of benzene rings is 3. The molecule has 2 aromatic heterocycles. The number of hydrogen-bond acceptors (Lipinski definition) is 6. The maximum Gasteiger partial charge on any atom is 0.186 e. The minimum atomic E-state index is 0.486. The monoisotopic (exact) mass is 527 g/mol. The summed E-state index contributed by atoms with van der Waals surface area (Å²) >= 11 is 5.20. The summed E-state index contributed by atoms with van der Waals surface area (Å²) in [7, 11) is 0. The second-order valence-electron chi connectivity index (χ2n) is 7.49. The summed E-state index contributed by atoms with van der Waals surface area (Å²) in [6.07, 6.45) is 1.82. The largest absolute Gasteiger partial charge is 0.226 e. The van der Waals surface area contributed by atoms with Crippen LogP contribution in [0.25, 0.3) is 17.1 Å². The summed E-state index contributed by atoms with van der Waals surface area (Å²) in [6.45, 7) is 0.486. The Bertz CT molecular complexity index is 1440. The van der Waals surface area contributed by atoms with Crippen LogP contribution in [0.3, 0.4) is 0 Å². The van der Waals surface area contributed by atoms with Gasteiger partial charge in [-0.3, -0.25) is 0 Å². The highest BCUT2D eigenvalue weighted by Gasteiger charge is 2.20. The zero-order valence-electron chi connectivity index (χ0n) is 17.9. The molecular weight excluding hydrogens is 510 g/mol. The van der Waals surface area contributed by atoms with Gasteiger partial charge in [0.15, 0.2) is 5.82 Å². The number of aromatic nitrogens is 6. The van der Waals surface area contributed by atoms with Gasteiger partial charge in [0.1, 0.15) is 5.03 Å². The molecule has 0 N–H and O–H groups in total. The van der Waals surface area contributed by atoms with Gasteiger partial charge in [-0.2, -0.15) is 10.4 Å². The van der Waals surface area contributed by atoms with Crippen molar-refractivity contribution in [1.82, 2.24) is 30.0 Å². The summed E-state index contributed by atoms with van der Waals surface area (Å²) in [5.74, 6) is 1.43. The standard InChI is InChI=1S/C25H18BrN7S/c26-21-10-12-22(13-11-21)33-25(34-17-20-4-2-1-3-5-20)23(15-28-33)24-29-30-31-32(24)16-19-8-6-18(14-27)7-9-19/h1-13,15H,16-17H2. The van der Waals surface area contributed by atoms with E-state index in [0.29, 0.717) is 17.9 Å². The Morgan fingerprint density at radius 2 is 1.68 bits per heavy atom. The van der Waals surface area contributed by atoms with E-state index in [-0.39, 0.29) is 0 Å². The molecule has 34 heavy (non-hydrogen) atoms. The average molecular weight is 528 g/mol. The molecule has 0 saturated carbocycles. The van der Waals surface area contributed by atoms with E-state index in [9.17, 15) is 0 Å². The van der Waals surface area contributed by atoms with Gasteiger partial charge in [-0.05, 0) is 58.0 Å². The molecule has 0 aliphatic heterocycles. The number of halogens is 1. The number of nitriles is 1. The third-order valence-corrected chi connectivity index (χ3v) is 6.88. The highest BCUT2D eigenvalue weighted by molar-refractivity contribution is 9.10. The topological polar surface area (TPSA) is 85.2 Å². The van der Waals surface area contributed by atoms with E-state index in [4.69, 9.17) is 10.4 Å². The molecule has 9 heteroatoms. The van der Waals surface area contributed by atoms with Crippen molar-refractivity contribution in [3.63, 3.8) is 0 Å². The molecule has 0 atom stereocenters. The molecule has 0 spiro atoms. The molecule has 3 aromatic carbocycles. The van der Waals surface area contributed by atoms with E-state index in [2.05, 4.69) is 49.7 Å². The minimum Gasteiger partial charge on any atom is -0.226 e. The summed E-state index contributed by atoms with van der Waals surface area (Å²) in [5.41, 5.74) is 4.67. The van der Waals surface area contributed by atoms with E-state index >= 15 is 0 Å². The van der Waals surface area contributed by atoms with Crippen molar-refractivity contribution in [2.24, 2.45) is 0 Å². The summed E-state index contributed by atoms with van der Waals surface area (Å²) in [5, 5.41) is 27.2. The van der Waals surface area contributed by atoms with Crippen LogP contribution in [0.2, 0.25) is 0 Å². The van der Waals surface area contributed by atoms with Gasteiger partial charge in [0.2, 0.25) is 0 Å². The Morgan fingerprint density at radius 3 is 2.41 bits per heavy atom. The quantitative estimate of drug-likeness (QED) is 0.260. The van der Waals surface area contributed by atoms with Gasteiger partial charge >= 0.3 is 0 Å². The third-order valence-electron chi connectivity index (χ3n) is 5.20. The van der Waals surface area contributed by atoms with Gasteiger partial charge in [0.25, 0.3) is 0 Å². The van der Waals surface area contributed by atoms with Crippen LogP contribution >= 0.6 is 27.7 Å². The van der Waals surface area contributed by atoms with E-state index in [1.54, 1.807) is 28.6 Å². The minimum absolute atomic E-state index is 0.486. The average Bonchev–Trinajstić information content (AvgIpc) is 3.51. The van der Waals surface area contributed by atoms with Gasteiger partial charge in [-0.15, -0.1) is 16.9 Å². The first-order chi connectivity index (χ1) is 16.7. The van der Waals surface area contributed by atoms with Gasteiger partial charge in [-0.1, -0.05) is 58.4 Å². The van der Waals surface area contributed by atoms with Gasteiger partial charge in [-0.25, -0.2) is 9.36 Å². The zero-order chi connectivity index (χ0) is 23.3. The molecule has 0 aliphatic carbocycles. The predicted molar refractivity (Wildman–Crippen MR) is 134 cm³/mol. The first kappa shape index (κ1) is 22.1. The zero-order valence-corrected chi connectivity index (χ0v) is 20.3. The normalized spacial score (nSPS) is 10.8. The number of hydrogen-bond donors (Lipinski definition) is 0. The molecule has 5 rings (SSSR count). The lowest BCUT2D eigenvalue weighted by molar-refractivity contribution is 0.652. The van der Waals surface area contributed by atoms with E-state index in [1.807, 2.05) is 65.5 Å². The SMILES string of the molecule is N#Cc1ccc(Cn2nnnc2-c2cnn(-c3ccc(Br)cc3)c2SCc2ccccc2)cc1. The van der Waals surface area contributed by atoms with Crippen LogP contribution in [0, 0.1) is 11.3 Å². The van der Waals surface area contributed by atoms with Crippen molar-refractivity contribution >= 4 is 27.7 Å². The molecule has 0 bridgehead atoms. The Kier molecular flexibility index (Phi) is 6.51. The van der Waals surface area contributed by atoms with E-state index in [0.717, 1.165) is 32.1 Å². The Labute approximate surface area is 209 Å². The highest BCUT2D eigenvalue weighted by Crippen LogP contribution is 2.34. The molecule has 0 amide bonds. The molecule has 0 saturated heterocycles. The molecule has 7 nitrogen and oxygen atoms in total. The Balaban J connectivity index is 1.51. The van der Waals surface area contributed by atoms with Gasteiger partial charge in [0, 0.05) is 10.2 Å². The van der Waals surface area contributed by atoms with E-state index < -0.39 is 0 Å². The van der Waals surface area contributed by atoms with Crippen molar-refractivity contribution in [3.8, 4) is 23.1 Å². The van der Waals surface area contributed by atoms with Crippen LogP contribution in [0.4, 0.5) is 0 Å². The summed E-state index contributed by atoms with van der Waals surface area (Å²) < 4.78 is 4.70. The van der Waals surface area contributed by atoms with Crippen LogP contribution in [0.1, 0.15) is 16.7 Å². The van der Waals surface area contributed by atoms with Crippen molar-refractivity contribution in [2.75, 3.05) is 0 Å². The molecule has 5 aromatic rings. The second-order valence-corrected chi connectivity index (χ2v) is 9.37. The number of nitrogens with zero attached hydrogens (tertiary/aromatic N) is 7. The van der Waals surface area contributed by atoms with E-state index in [1.165, 1.54) is 5.56 Å². The van der Waals surface area contributed by atoms with Crippen molar-refractivity contribution in [2.45, 2.75) is 17.3 Å². The molecular formula is C25H18BrN7S. The van der Waals surface area contributed by atoms with Crippen molar-refractivity contribution in [1.29, 1.82) is 5.26 Å². The molecule has 166 valence electrons. The lowest BCUT2D eigenvalue weighted by atomic mass is 10.1. The van der Waals surface area contributed by atoms with Crippen LogP contribution in [-0.2, 0) is 12.3 Å². The van der Waals surface area contributed by atoms with Crippen LogP contribution in [-0.4, -0.2) is 30.0 Å². The summed E-state index contributed by atoms with van der Waals surface area (Å²) in [6, 6.07) is 27.9. The molecule has 2 heterocycles. The molecule has 0 unspecified atom stereocenters. The molecule has 0 aliphatic rings. The van der Waals surface area contributed by atoms with Gasteiger partial charge in [0.05, 0.1) is 35.6 Å². The lowest BCUT2D eigenvalue weighted by Crippen LogP contribution is -2.05. The number of thioether (sulfide) groups is 1. The Hall–Kier alpha value is -3.74. The highest BCUT2D eigenvalue weighted by atomic mass is 79.9. The third kappa shape index (κ3) is 4.78. The van der Waals surface area contributed by atoms with Crippen molar-refractivity contribution in [3.05, 3.63) is 106 Å². The van der Waals surface area contributed by atoms with Crippen LogP contribution in [0.15, 0.2) is 94.6 Å². The van der Waals surface area contributed by atoms with Crippen LogP contribution < -0.4 is 0 Å². The lowest BCUT2D eigenvalue weighted by Gasteiger charge is -2.10. The predicted octanol–water partition coefficient (Wildman–Crippen LogP) is 5.50. The second kappa shape index (κ2) is 10.0. The Morgan fingerprint density at radius 1 is 0.912 bits per heavy atom. The number of tetrazole rings is 1. The fourth-order valence-electron chi connectivity index (χ4n) is 3.48. The number of rotatable bonds is 7. The molecule has 0 fully saturated rings.